The van der Waals surface area contributed by atoms with E-state index in [1.165, 1.54) is 0 Å². The molecule has 0 saturated carbocycles. The van der Waals surface area contributed by atoms with Crippen molar-refractivity contribution in [3.05, 3.63) is 0 Å². The van der Waals surface area contributed by atoms with Crippen molar-refractivity contribution >= 4 is 5.97 Å². The van der Waals surface area contributed by atoms with Crippen LogP contribution in [0, 0.1) is 0 Å². The summed E-state index contributed by atoms with van der Waals surface area (Å²) >= 11 is 0. The third kappa shape index (κ3) is 4.10. The smallest absolute Gasteiger partial charge is 0.323 e. The standard InChI is InChI=1S/C12H25NO3/c1-5-7-12(8-6-2,10(15)16)13-11(3,4)9-14/h13-14H,5-9H2,1-4H3,(H,15,16). The topological polar surface area (TPSA) is 69.6 Å². The fourth-order valence-electron chi connectivity index (χ4n) is 2.06. The minimum atomic E-state index is -0.907. The SMILES string of the molecule is CCCC(CCC)(NC(C)(C)CO)C(=O)O. The predicted octanol–water partition coefficient (Wildman–Crippen LogP) is 1.77. The van der Waals surface area contributed by atoms with Crippen molar-refractivity contribution in [1.82, 2.24) is 5.32 Å². The van der Waals surface area contributed by atoms with Gasteiger partial charge in [0, 0.05) is 5.54 Å². The third-order valence-corrected chi connectivity index (χ3v) is 2.74. The Labute approximate surface area is 98.1 Å². The second-order valence-electron chi connectivity index (χ2n) is 5.05. The van der Waals surface area contributed by atoms with E-state index >= 15 is 0 Å². The van der Waals surface area contributed by atoms with Gasteiger partial charge in [0.25, 0.3) is 0 Å². The van der Waals surface area contributed by atoms with Crippen molar-refractivity contribution in [3.63, 3.8) is 0 Å². The highest BCUT2D eigenvalue weighted by atomic mass is 16.4. The number of rotatable bonds is 8. The highest BCUT2D eigenvalue weighted by molar-refractivity contribution is 5.78. The van der Waals surface area contributed by atoms with Gasteiger partial charge in [-0.1, -0.05) is 26.7 Å². The Morgan fingerprint density at radius 2 is 1.62 bits per heavy atom. The Bertz CT molecular complexity index is 220. The van der Waals surface area contributed by atoms with Gasteiger partial charge in [0.1, 0.15) is 5.54 Å². The third-order valence-electron chi connectivity index (χ3n) is 2.74. The van der Waals surface area contributed by atoms with Gasteiger partial charge >= 0.3 is 5.97 Å². The van der Waals surface area contributed by atoms with E-state index in [0.29, 0.717) is 12.8 Å². The van der Waals surface area contributed by atoms with Crippen LogP contribution >= 0.6 is 0 Å². The first-order valence-electron chi connectivity index (χ1n) is 5.97. The molecule has 0 unspecified atom stereocenters. The van der Waals surface area contributed by atoms with Crippen molar-refractivity contribution in [3.8, 4) is 0 Å². The van der Waals surface area contributed by atoms with Crippen LogP contribution in [0.15, 0.2) is 0 Å². The molecule has 0 amide bonds. The molecule has 0 aliphatic heterocycles. The van der Waals surface area contributed by atoms with Crippen molar-refractivity contribution < 1.29 is 15.0 Å². The number of carboxylic acids is 1. The lowest BCUT2D eigenvalue weighted by atomic mass is 9.85. The summed E-state index contributed by atoms with van der Waals surface area (Å²) in [5.41, 5.74) is -1.47. The molecule has 0 saturated heterocycles. The zero-order valence-electron chi connectivity index (χ0n) is 10.8. The van der Waals surface area contributed by atoms with Crippen molar-refractivity contribution in [2.24, 2.45) is 0 Å². The summed E-state index contributed by atoms with van der Waals surface area (Å²) in [6, 6.07) is 0. The molecule has 0 aliphatic carbocycles. The van der Waals surface area contributed by atoms with Crippen LogP contribution in [-0.4, -0.2) is 33.9 Å². The molecule has 4 heteroatoms. The van der Waals surface area contributed by atoms with Crippen LogP contribution in [0.1, 0.15) is 53.4 Å². The highest BCUT2D eigenvalue weighted by Gasteiger charge is 2.40. The largest absolute Gasteiger partial charge is 0.480 e. The van der Waals surface area contributed by atoms with Crippen molar-refractivity contribution in [2.75, 3.05) is 6.61 Å². The minimum absolute atomic E-state index is 0.0739. The molecule has 0 spiro atoms. The Balaban J connectivity index is 4.94. The summed E-state index contributed by atoms with van der Waals surface area (Å²) in [7, 11) is 0. The molecule has 0 atom stereocenters. The van der Waals surface area contributed by atoms with E-state index < -0.39 is 17.0 Å². The van der Waals surface area contributed by atoms with Gasteiger partial charge in [-0.15, -0.1) is 0 Å². The number of aliphatic hydroxyl groups is 1. The number of nitrogens with one attached hydrogen (secondary N) is 1. The van der Waals surface area contributed by atoms with E-state index in [-0.39, 0.29) is 6.61 Å². The molecule has 3 N–H and O–H groups in total. The number of aliphatic hydroxyl groups excluding tert-OH is 1. The zero-order valence-corrected chi connectivity index (χ0v) is 10.8. The summed E-state index contributed by atoms with van der Waals surface area (Å²) in [5, 5.41) is 21.7. The maximum atomic E-state index is 11.5. The van der Waals surface area contributed by atoms with Crippen LogP contribution in [0.25, 0.3) is 0 Å². The van der Waals surface area contributed by atoms with Gasteiger partial charge in [-0.05, 0) is 26.7 Å². The maximum Gasteiger partial charge on any atom is 0.323 e. The molecular weight excluding hydrogens is 206 g/mol. The van der Waals surface area contributed by atoms with Crippen LogP contribution in [-0.2, 0) is 4.79 Å². The predicted molar refractivity (Wildman–Crippen MR) is 64.5 cm³/mol. The van der Waals surface area contributed by atoms with Gasteiger partial charge in [-0.25, -0.2) is 0 Å². The molecule has 0 aromatic rings. The van der Waals surface area contributed by atoms with Crippen LogP contribution in [0.5, 0.6) is 0 Å². The molecule has 0 heterocycles. The van der Waals surface area contributed by atoms with Crippen LogP contribution in [0.2, 0.25) is 0 Å². The molecule has 0 aliphatic rings. The Morgan fingerprint density at radius 1 is 1.19 bits per heavy atom. The first kappa shape index (κ1) is 15.4. The first-order chi connectivity index (χ1) is 7.33. The summed E-state index contributed by atoms with van der Waals surface area (Å²) in [5.74, 6) is -0.822. The average molecular weight is 231 g/mol. The molecule has 0 bridgehead atoms. The van der Waals surface area contributed by atoms with E-state index in [9.17, 15) is 15.0 Å². The van der Waals surface area contributed by atoms with Gasteiger partial charge in [-0.3, -0.25) is 10.1 Å². The van der Waals surface area contributed by atoms with Gasteiger partial charge in [0.15, 0.2) is 0 Å². The molecule has 16 heavy (non-hydrogen) atoms. The van der Waals surface area contributed by atoms with Crippen molar-refractivity contribution in [2.45, 2.75) is 64.5 Å². The second kappa shape index (κ2) is 6.21. The Morgan fingerprint density at radius 3 is 1.88 bits per heavy atom. The van der Waals surface area contributed by atoms with Crippen LogP contribution in [0.4, 0.5) is 0 Å². The highest BCUT2D eigenvalue weighted by Crippen LogP contribution is 2.23. The number of aliphatic carboxylic acids is 1. The molecule has 4 nitrogen and oxygen atoms in total. The average Bonchev–Trinajstić information content (AvgIpc) is 2.17. The summed E-state index contributed by atoms with van der Waals surface area (Å²) in [4.78, 5) is 11.5. The number of carbonyl (C=O) groups is 1. The zero-order chi connectivity index (χ0) is 12.8. The molecule has 96 valence electrons. The lowest BCUT2D eigenvalue weighted by Gasteiger charge is -2.38. The van der Waals surface area contributed by atoms with E-state index in [0.717, 1.165) is 12.8 Å². The van der Waals surface area contributed by atoms with Gasteiger partial charge in [0.2, 0.25) is 0 Å². The molecule has 0 aromatic carbocycles. The summed E-state index contributed by atoms with van der Waals surface area (Å²) in [6.45, 7) is 7.50. The van der Waals surface area contributed by atoms with E-state index in [1.807, 2.05) is 27.7 Å². The van der Waals surface area contributed by atoms with E-state index in [2.05, 4.69) is 5.32 Å². The van der Waals surface area contributed by atoms with Gasteiger partial charge in [0.05, 0.1) is 6.61 Å². The van der Waals surface area contributed by atoms with E-state index in [1.54, 1.807) is 0 Å². The first-order valence-corrected chi connectivity index (χ1v) is 5.97. The van der Waals surface area contributed by atoms with Gasteiger partial charge < -0.3 is 10.2 Å². The summed E-state index contributed by atoms with van der Waals surface area (Å²) in [6.07, 6.45) is 2.78. The Hall–Kier alpha value is -0.610. The maximum absolute atomic E-state index is 11.5. The normalized spacial score (nSPS) is 12.8. The quantitative estimate of drug-likeness (QED) is 0.595. The van der Waals surface area contributed by atoms with E-state index in [4.69, 9.17) is 0 Å². The summed E-state index contributed by atoms with van der Waals surface area (Å²) < 4.78 is 0. The van der Waals surface area contributed by atoms with Crippen LogP contribution in [0.3, 0.4) is 0 Å². The van der Waals surface area contributed by atoms with Crippen LogP contribution < -0.4 is 5.32 Å². The second-order valence-corrected chi connectivity index (χ2v) is 5.05. The molecular formula is C12H25NO3. The molecule has 0 fully saturated rings. The minimum Gasteiger partial charge on any atom is -0.480 e. The van der Waals surface area contributed by atoms with Crippen molar-refractivity contribution in [1.29, 1.82) is 0 Å². The lowest BCUT2D eigenvalue weighted by molar-refractivity contribution is -0.147. The number of carboxylic acid groups (broad SMARTS) is 1. The lowest BCUT2D eigenvalue weighted by Crippen LogP contribution is -2.61. The fourth-order valence-corrected chi connectivity index (χ4v) is 2.06. The number of hydrogen-bond donors (Lipinski definition) is 3. The monoisotopic (exact) mass is 231 g/mol. The number of hydrogen-bond acceptors (Lipinski definition) is 3. The molecule has 0 aromatic heterocycles. The van der Waals surface area contributed by atoms with Gasteiger partial charge in [-0.2, -0.15) is 0 Å². The molecule has 0 radical (unpaired) electrons. The fraction of sp³-hybridized carbons (Fsp3) is 0.917. The Kier molecular flexibility index (Phi) is 5.97. The molecule has 0 rings (SSSR count).